The lowest BCUT2D eigenvalue weighted by molar-refractivity contribution is -0.146. The van der Waals surface area contributed by atoms with Crippen LogP contribution < -0.4 is 16.2 Å². The lowest BCUT2D eigenvalue weighted by atomic mass is 10.2. The van der Waals surface area contributed by atoms with Gasteiger partial charge in [0.15, 0.2) is 0 Å². The van der Waals surface area contributed by atoms with E-state index in [0.717, 1.165) is 5.69 Å². The number of piperazine rings is 1. The summed E-state index contributed by atoms with van der Waals surface area (Å²) in [6, 6.07) is 8.27. The molecule has 6 heteroatoms. The summed E-state index contributed by atoms with van der Waals surface area (Å²) >= 11 is 0. The van der Waals surface area contributed by atoms with Crippen LogP contribution in [-0.2, 0) is 9.59 Å². The predicted molar refractivity (Wildman–Crippen MR) is 72.3 cm³/mol. The second-order valence-electron chi connectivity index (χ2n) is 4.59. The number of nitrogens with two attached hydrogens (primary N) is 1. The van der Waals surface area contributed by atoms with Crippen LogP contribution in [-0.4, -0.2) is 42.9 Å². The van der Waals surface area contributed by atoms with Crippen LogP contribution in [0.4, 0.5) is 5.69 Å². The van der Waals surface area contributed by atoms with Crippen LogP contribution in [0.2, 0.25) is 0 Å². The number of anilines is 1. The van der Waals surface area contributed by atoms with Gasteiger partial charge < -0.3 is 9.80 Å². The topological polar surface area (TPSA) is 78.7 Å². The van der Waals surface area contributed by atoms with Gasteiger partial charge in [-0.2, -0.15) is 0 Å². The van der Waals surface area contributed by atoms with Crippen molar-refractivity contribution in [2.75, 3.05) is 31.1 Å². The Bertz CT molecular complexity index is 464. The van der Waals surface area contributed by atoms with E-state index in [1.807, 2.05) is 12.3 Å². The number of nitrogens with one attached hydrogen (secondary N) is 1. The average Bonchev–Trinajstić information content (AvgIpc) is 2.46. The first-order valence-electron chi connectivity index (χ1n) is 6.23. The minimum absolute atomic E-state index is 0.528. The van der Waals surface area contributed by atoms with Crippen LogP contribution in [0, 0.1) is 6.92 Å². The molecule has 1 aliphatic heterocycles. The Balaban J connectivity index is 1.94. The van der Waals surface area contributed by atoms with E-state index in [4.69, 9.17) is 5.84 Å². The van der Waals surface area contributed by atoms with Gasteiger partial charge in [-0.25, -0.2) is 5.84 Å². The largest absolute Gasteiger partial charge is 0.368 e. The summed E-state index contributed by atoms with van der Waals surface area (Å²) in [6.07, 6.45) is 0. The number of hydrogen-bond acceptors (Lipinski definition) is 4. The molecule has 19 heavy (non-hydrogen) atoms. The molecular formula is C13H18N4O2. The van der Waals surface area contributed by atoms with E-state index in [2.05, 4.69) is 29.2 Å². The SMILES string of the molecule is Cc1ccc(N2CCN(C(=O)C(=O)NN)CC2)cc1. The maximum atomic E-state index is 11.6. The summed E-state index contributed by atoms with van der Waals surface area (Å²) in [4.78, 5) is 26.5. The number of carbonyl (C=O) groups excluding carboxylic acids is 2. The Hall–Kier alpha value is -2.08. The zero-order valence-corrected chi connectivity index (χ0v) is 10.9. The van der Waals surface area contributed by atoms with Gasteiger partial charge in [-0.3, -0.25) is 15.0 Å². The molecule has 102 valence electrons. The van der Waals surface area contributed by atoms with Gasteiger partial charge in [0, 0.05) is 31.9 Å². The maximum absolute atomic E-state index is 11.6. The number of hydrogen-bond donors (Lipinski definition) is 2. The van der Waals surface area contributed by atoms with Crippen molar-refractivity contribution in [1.29, 1.82) is 0 Å². The third-order valence-electron chi connectivity index (χ3n) is 3.29. The predicted octanol–water partition coefficient (Wildman–Crippen LogP) is -0.366. The molecular weight excluding hydrogens is 244 g/mol. The summed E-state index contributed by atoms with van der Waals surface area (Å²) in [5.74, 6) is 3.63. The summed E-state index contributed by atoms with van der Waals surface area (Å²) in [5.41, 5.74) is 4.23. The fourth-order valence-corrected chi connectivity index (χ4v) is 2.13. The molecule has 0 spiro atoms. The minimum atomic E-state index is -0.760. The molecule has 1 fully saturated rings. The fourth-order valence-electron chi connectivity index (χ4n) is 2.13. The van der Waals surface area contributed by atoms with Crippen molar-refractivity contribution < 1.29 is 9.59 Å². The van der Waals surface area contributed by atoms with E-state index >= 15 is 0 Å². The molecule has 2 rings (SSSR count). The van der Waals surface area contributed by atoms with Gasteiger partial charge in [0.1, 0.15) is 0 Å². The van der Waals surface area contributed by atoms with E-state index in [-0.39, 0.29) is 0 Å². The summed E-state index contributed by atoms with van der Waals surface area (Å²) in [6.45, 7) is 4.53. The highest BCUT2D eigenvalue weighted by molar-refractivity contribution is 6.34. The molecule has 3 N–H and O–H groups in total. The van der Waals surface area contributed by atoms with Crippen molar-refractivity contribution in [3.63, 3.8) is 0 Å². The van der Waals surface area contributed by atoms with Crippen LogP contribution in [0.15, 0.2) is 24.3 Å². The van der Waals surface area contributed by atoms with E-state index < -0.39 is 11.8 Å². The molecule has 0 saturated carbocycles. The van der Waals surface area contributed by atoms with Gasteiger partial charge in [-0.05, 0) is 19.1 Å². The molecule has 2 amide bonds. The van der Waals surface area contributed by atoms with Gasteiger partial charge in [-0.15, -0.1) is 0 Å². The first kappa shape index (κ1) is 13.4. The number of rotatable bonds is 1. The molecule has 1 aromatic carbocycles. The van der Waals surface area contributed by atoms with Crippen molar-refractivity contribution in [1.82, 2.24) is 10.3 Å². The van der Waals surface area contributed by atoms with Gasteiger partial charge in [0.05, 0.1) is 0 Å². The molecule has 0 aromatic heterocycles. The third kappa shape index (κ3) is 3.03. The van der Waals surface area contributed by atoms with Crippen molar-refractivity contribution >= 4 is 17.5 Å². The minimum Gasteiger partial charge on any atom is -0.368 e. The van der Waals surface area contributed by atoms with Gasteiger partial charge in [-0.1, -0.05) is 17.7 Å². The van der Waals surface area contributed by atoms with Crippen LogP contribution in [0.3, 0.4) is 0 Å². The molecule has 0 atom stereocenters. The number of amides is 2. The Morgan fingerprint density at radius 3 is 2.21 bits per heavy atom. The van der Waals surface area contributed by atoms with Crippen molar-refractivity contribution in [2.45, 2.75) is 6.92 Å². The molecule has 1 aromatic rings. The quantitative estimate of drug-likeness (QED) is 0.313. The summed E-state index contributed by atoms with van der Waals surface area (Å²) in [7, 11) is 0. The van der Waals surface area contributed by atoms with Crippen LogP contribution >= 0.6 is 0 Å². The average molecular weight is 262 g/mol. The maximum Gasteiger partial charge on any atom is 0.323 e. The Labute approximate surface area is 112 Å². The Kier molecular flexibility index (Phi) is 4.01. The van der Waals surface area contributed by atoms with Crippen molar-refractivity contribution in [3.05, 3.63) is 29.8 Å². The van der Waals surface area contributed by atoms with Crippen LogP contribution in [0.1, 0.15) is 5.56 Å². The highest BCUT2D eigenvalue weighted by Crippen LogP contribution is 2.17. The highest BCUT2D eigenvalue weighted by atomic mass is 16.2. The summed E-state index contributed by atoms with van der Waals surface area (Å²) < 4.78 is 0. The highest BCUT2D eigenvalue weighted by Gasteiger charge is 2.25. The van der Waals surface area contributed by atoms with Gasteiger partial charge >= 0.3 is 11.8 Å². The molecule has 1 aliphatic rings. The molecule has 0 unspecified atom stereocenters. The van der Waals surface area contributed by atoms with E-state index in [1.165, 1.54) is 10.5 Å². The van der Waals surface area contributed by atoms with Crippen molar-refractivity contribution in [2.24, 2.45) is 5.84 Å². The standard InChI is InChI=1S/C13H18N4O2/c1-10-2-4-11(5-3-10)16-6-8-17(9-7-16)13(19)12(18)15-14/h2-5H,6-9,14H2,1H3,(H,15,18). The number of hydrazine groups is 1. The Morgan fingerprint density at radius 2 is 1.68 bits per heavy atom. The molecule has 6 nitrogen and oxygen atoms in total. The second kappa shape index (κ2) is 5.71. The van der Waals surface area contributed by atoms with Crippen LogP contribution in [0.5, 0.6) is 0 Å². The molecule has 0 radical (unpaired) electrons. The number of aryl methyl sites for hydroxylation is 1. The van der Waals surface area contributed by atoms with E-state index in [1.54, 1.807) is 0 Å². The first-order chi connectivity index (χ1) is 9.11. The smallest absolute Gasteiger partial charge is 0.323 e. The number of carbonyl (C=O) groups is 2. The molecule has 0 bridgehead atoms. The number of benzene rings is 1. The Morgan fingerprint density at radius 1 is 1.11 bits per heavy atom. The lowest BCUT2D eigenvalue weighted by Gasteiger charge is -2.35. The normalized spacial score (nSPS) is 15.3. The fraction of sp³-hybridized carbons (Fsp3) is 0.385. The molecule has 1 heterocycles. The molecule has 1 saturated heterocycles. The van der Waals surface area contributed by atoms with Gasteiger partial charge in [0.25, 0.3) is 0 Å². The van der Waals surface area contributed by atoms with Crippen LogP contribution in [0.25, 0.3) is 0 Å². The van der Waals surface area contributed by atoms with E-state index in [0.29, 0.717) is 26.2 Å². The lowest BCUT2D eigenvalue weighted by Crippen LogP contribution is -2.53. The zero-order chi connectivity index (χ0) is 13.8. The zero-order valence-electron chi connectivity index (χ0n) is 10.9. The van der Waals surface area contributed by atoms with Gasteiger partial charge in [0.2, 0.25) is 0 Å². The first-order valence-corrected chi connectivity index (χ1v) is 6.23. The number of nitrogens with zero attached hydrogens (tertiary/aromatic N) is 2. The van der Waals surface area contributed by atoms with E-state index in [9.17, 15) is 9.59 Å². The van der Waals surface area contributed by atoms with Crippen molar-refractivity contribution in [3.8, 4) is 0 Å². The second-order valence-corrected chi connectivity index (χ2v) is 4.59. The summed E-state index contributed by atoms with van der Waals surface area (Å²) in [5, 5.41) is 0. The monoisotopic (exact) mass is 262 g/mol. The molecule has 0 aliphatic carbocycles. The third-order valence-corrected chi connectivity index (χ3v) is 3.29.